The van der Waals surface area contributed by atoms with Crippen LogP contribution >= 0.6 is 0 Å². The second-order valence-electron chi connectivity index (χ2n) is 4.13. The lowest BCUT2D eigenvalue weighted by Crippen LogP contribution is -2.49. The van der Waals surface area contributed by atoms with E-state index in [-0.39, 0.29) is 18.9 Å². The number of amides is 3. The highest BCUT2D eigenvalue weighted by atomic mass is 16.4. The van der Waals surface area contributed by atoms with Crippen molar-refractivity contribution in [2.45, 2.75) is 39.7 Å². The molecule has 0 rings (SSSR count). The predicted molar refractivity (Wildman–Crippen MR) is 70.8 cm³/mol. The Morgan fingerprint density at radius 2 is 1.79 bits per heavy atom. The Kier molecular flexibility index (Phi) is 8.32. The SMILES string of the molecule is CCN(CC)C(=O)C(C)NC(=O)NCCCC(=O)O. The summed E-state index contributed by atoms with van der Waals surface area (Å²) in [6.07, 6.45) is 0.370. The maximum atomic E-state index is 11.9. The molecule has 0 aliphatic heterocycles. The van der Waals surface area contributed by atoms with Gasteiger partial charge in [-0.15, -0.1) is 0 Å². The molecule has 0 aromatic heterocycles. The molecule has 3 amide bonds. The minimum atomic E-state index is -0.896. The number of rotatable bonds is 8. The van der Waals surface area contributed by atoms with Crippen LogP contribution in [0, 0.1) is 0 Å². The lowest BCUT2D eigenvalue weighted by molar-refractivity contribution is -0.137. The summed E-state index contributed by atoms with van der Waals surface area (Å²) in [5, 5.41) is 13.5. The van der Waals surface area contributed by atoms with Crippen LogP contribution in [-0.2, 0) is 9.59 Å². The van der Waals surface area contributed by atoms with Crippen molar-refractivity contribution in [1.29, 1.82) is 0 Å². The Morgan fingerprint density at radius 1 is 1.21 bits per heavy atom. The molecule has 0 spiro atoms. The van der Waals surface area contributed by atoms with Gasteiger partial charge in [-0.3, -0.25) is 9.59 Å². The maximum Gasteiger partial charge on any atom is 0.315 e. The number of hydrogen-bond donors (Lipinski definition) is 3. The molecule has 0 heterocycles. The first kappa shape index (κ1) is 17.2. The van der Waals surface area contributed by atoms with Crippen LogP contribution < -0.4 is 10.6 Å². The molecule has 0 saturated heterocycles. The molecule has 1 atom stereocenters. The van der Waals surface area contributed by atoms with Crippen molar-refractivity contribution in [3.63, 3.8) is 0 Å². The third kappa shape index (κ3) is 7.28. The minimum absolute atomic E-state index is 0.00815. The van der Waals surface area contributed by atoms with Crippen LogP contribution in [0.15, 0.2) is 0 Å². The average Bonchev–Trinajstić information content (AvgIpc) is 2.35. The average molecular weight is 273 g/mol. The Labute approximate surface area is 113 Å². The summed E-state index contributed by atoms with van der Waals surface area (Å²) in [5.74, 6) is -1.03. The molecule has 19 heavy (non-hydrogen) atoms. The molecule has 0 saturated carbocycles. The van der Waals surface area contributed by atoms with Gasteiger partial charge in [0.15, 0.2) is 0 Å². The first-order chi connectivity index (χ1) is 8.92. The standard InChI is InChI=1S/C12H23N3O4/c1-4-15(5-2)11(18)9(3)14-12(19)13-8-6-7-10(16)17/h9H,4-8H2,1-3H3,(H,16,17)(H2,13,14,19). The van der Waals surface area contributed by atoms with Crippen molar-refractivity contribution in [3.05, 3.63) is 0 Å². The molecule has 110 valence electrons. The van der Waals surface area contributed by atoms with E-state index < -0.39 is 18.0 Å². The molecular formula is C12H23N3O4. The topological polar surface area (TPSA) is 98.7 Å². The normalized spacial score (nSPS) is 11.5. The van der Waals surface area contributed by atoms with E-state index in [1.165, 1.54) is 0 Å². The van der Waals surface area contributed by atoms with Crippen LogP contribution in [0.2, 0.25) is 0 Å². The van der Waals surface area contributed by atoms with Crippen LogP contribution in [0.1, 0.15) is 33.6 Å². The van der Waals surface area contributed by atoms with Crippen LogP contribution in [0.4, 0.5) is 4.79 Å². The van der Waals surface area contributed by atoms with E-state index in [4.69, 9.17) is 5.11 Å². The number of urea groups is 1. The van der Waals surface area contributed by atoms with Gasteiger partial charge in [0, 0.05) is 26.1 Å². The van der Waals surface area contributed by atoms with Gasteiger partial charge < -0.3 is 20.6 Å². The molecule has 0 bridgehead atoms. The molecule has 7 nitrogen and oxygen atoms in total. The molecule has 0 aromatic rings. The van der Waals surface area contributed by atoms with Gasteiger partial charge >= 0.3 is 12.0 Å². The van der Waals surface area contributed by atoms with E-state index in [0.29, 0.717) is 19.5 Å². The Balaban J connectivity index is 3.98. The number of carbonyl (C=O) groups excluding carboxylic acids is 2. The van der Waals surface area contributed by atoms with E-state index in [1.807, 2.05) is 13.8 Å². The monoisotopic (exact) mass is 273 g/mol. The summed E-state index contributed by atoms with van der Waals surface area (Å²) in [4.78, 5) is 35.2. The van der Waals surface area contributed by atoms with Gasteiger partial charge in [0.25, 0.3) is 0 Å². The largest absolute Gasteiger partial charge is 0.481 e. The van der Waals surface area contributed by atoms with Crippen molar-refractivity contribution in [2.24, 2.45) is 0 Å². The van der Waals surface area contributed by atoms with E-state index >= 15 is 0 Å². The lowest BCUT2D eigenvalue weighted by Gasteiger charge is -2.23. The summed E-state index contributed by atoms with van der Waals surface area (Å²) in [5.41, 5.74) is 0. The van der Waals surface area contributed by atoms with Crippen molar-refractivity contribution >= 4 is 17.9 Å². The van der Waals surface area contributed by atoms with Gasteiger partial charge in [-0.25, -0.2) is 4.79 Å². The summed E-state index contributed by atoms with van der Waals surface area (Å²) in [6.45, 7) is 6.84. The summed E-state index contributed by atoms with van der Waals surface area (Å²) in [6, 6.07) is -1.06. The molecule has 1 unspecified atom stereocenters. The number of likely N-dealkylation sites (N-methyl/N-ethyl adjacent to an activating group) is 1. The van der Waals surface area contributed by atoms with Gasteiger partial charge in [0.2, 0.25) is 5.91 Å². The third-order valence-electron chi connectivity index (χ3n) is 2.65. The van der Waals surface area contributed by atoms with Crippen LogP contribution in [0.3, 0.4) is 0 Å². The molecule has 3 N–H and O–H groups in total. The number of carboxylic acids is 1. The summed E-state index contributed by atoms with van der Waals surface area (Å²) in [7, 11) is 0. The molecule has 0 radical (unpaired) electrons. The van der Waals surface area contributed by atoms with Gasteiger partial charge in [-0.2, -0.15) is 0 Å². The smallest absolute Gasteiger partial charge is 0.315 e. The van der Waals surface area contributed by atoms with Crippen LogP contribution in [-0.4, -0.2) is 53.6 Å². The zero-order valence-corrected chi connectivity index (χ0v) is 11.7. The molecule has 0 aliphatic carbocycles. The minimum Gasteiger partial charge on any atom is -0.481 e. The van der Waals surface area contributed by atoms with Crippen molar-refractivity contribution in [3.8, 4) is 0 Å². The maximum absolute atomic E-state index is 11.9. The Hall–Kier alpha value is -1.79. The van der Waals surface area contributed by atoms with Crippen molar-refractivity contribution < 1.29 is 19.5 Å². The van der Waals surface area contributed by atoms with E-state index in [2.05, 4.69) is 10.6 Å². The molecule has 0 aromatic carbocycles. The summed E-state index contributed by atoms with van der Waals surface area (Å²) >= 11 is 0. The number of aliphatic carboxylic acids is 1. The van der Waals surface area contributed by atoms with E-state index in [9.17, 15) is 14.4 Å². The zero-order valence-electron chi connectivity index (χ0n) is 11.7. The third-order valence-corrected chi connectivity index (χ3v) is 2.65. The second-order valence-corrected chi connectivity index (χ2v) is 4.13. The number of nitrogens with zero attached hydrogens (tertiary/aromatic N) is 1. The highest BCUT2D eigenvalue weighted by Gasteiger charge is 2.19. The molecule has 0 fully saturated rings. The summed E-state index contributed by atoms with van der Waals surface area (Å²) < 4.78 is 0. The van der Waals surface area contributed by atoms with Crippen LogP contribution in [0.5, 0.6) is 0 Å². The van der Waals surface area contributed by atoms with E-state index in [1.54, 1.807) is 11.8 Å². The predicted octanol–water partition coefficient (Wildman–Crippen LogP) is 0.407. The second kappa shape index (κ2) is 9.18. The fourth-order valence-electron chi connectivity index (χ4n) is 1.56. The fourth-order valence-corrected chi connectivity index (χ4v) is 1.56. The van der Waals surface area contributed by atoms with Crippen molar-refractivity contribution in [2.75, 3.05) is 19.6 Å². The van der Waals surface area contributed by atoms with Crippen LogP contribution in [0.25, 0.3) is 0 Å². The van der Waals surface area contributed by atoms with Gasteiger partial charge in [-0.1, -0.05) is 0 Å². The van der Waals surface area contributed by atoms with Gasteiger partial charge in [0.05, 0.1) is 0 Å². The fraction of sp³-hybridized carbons (Fsp3) is 0.750. The Morgan fingerprint density at radius 3 is 2.26 bits per heavy atom. The van der Waals surface area contributed by atoms with Gasteiger partial charge in [-0.05, 0) is 27.2 Å². The van der Waals surface area contributed by atoms with Gasteiger partial charge in [0.1, 0.15) is 6.04 Å². The first-order valence-electron chi connectivity index (χ1n) is 6.47. The quantitative estimate of drug-likeness (QED) is 0.558. The first-order valence-corrected chi connectivity index (χ1v) is 6.47. The zero-order chi connectivity index (χ0) is 14.8. The highest BCUT2D eigenvalue weighted by Crippen LogP contribution is 1.94. The number of hydrogen-bond acceptors (Lipinski definition) is 3. The number of nitrogens with one attached hydrogen (secondary N) is 2. The molecular weight excluding hydrogens is 250 g/mol. The molecule has 7 heteroatoms. The number of carboxylic acid groups (broad SMARTS) is 1. The van der Waals surface area contributed by atoms with Crippen molar-refractivity contribution in [1.82, 2.24) is 15.5 Å². The highest BCUT2D eigenvalue weighted by molar-refractivity contribution is 5.86. The number of carbonyl (C=O) groups is 3. The van der Waals surface area contributed by atoms with E-state index in [0.717, 1.165) is 0 Å². The molecule has 0 aliphatic rings. The lowest BCUT2D eigenvalue weighted by atomic mass is 10.3. The Bertz CT molecular complexity index is 316.